The predicted octanol–water partition coefficient (Wildman–Crippen LogP) is 5.44. The molecule has 2 aromatic carbocycles. The summed E-state index contributed by atoms with van der Waals surface area (Å²) < 4.78 is 0. The molecule has 1 N–H and O–H groups in total. The van der Waals surface area contributed by atoms with Crippen molar-refractivity contribution in [1.82, 2.24) is 10.2 Å². The number of nitrogens with one attached hydrogen (secondary N) is 1. The molecular formula is C23H23ClN4OS. The van der Waals surface area contributed by atoms with Crippen molar-refractivity contribution in [2.75, 3.05) is 23.3 Å². The van der Waals surface area contributed by atoms with Crippen LogP contribution in [0.25, 0.3) is 0 Å². The molecule has 7 heteroatoms. The number of piperidine rings is 1. The molecule has 1 atom stereocenters. The molecule has 0 radical (unpaired) electrons. The van der Waals surface area contributed by atoms with Crippen LogP contribution in [0.15, 0.2) is 70.6 Å². The highest BCUT2D eigenvalue weighted by Gasteiger charge is 2.26. The van der Waals surface area contributed by atoms with E-state index in [9.17, 15) is 4.79 Å². The number of carbonyl (C=O) groups excluding carboxylic acids is 1. The first-order chi connectivity index (χ1) is 14.6. The number of nitrogens with zero attached hydrogens (tertiary/aromatic N) is 3. The Morgan fingerprint density at radius 2 is 1.83 bits per heavy atom. The maximum atomic E-state index is 12.7. The average Bonchev–Trinajstić information content (AvgIpc) is 2.77. The van der Waals surface area contributed by atoms with Gasteiger partial charge in [-0.25, -0.2) is 0 Å². The number of benzene rings is 2. The first kappa shape index (κ1) is 20.7. The summed E-state index contributed by atoms with van der Waals surface area (Å²) in [5, 5.41) is 13.3. The fourth-order valence-electron chi connectivity index (χ4n) is 3.44. The Kier molecular flexibility index (Phi) is 6.55. The molecule has 0 bridgehead atoms. The van der Waals surface area contributed by atoms with Crippen molar-refractivity contribution in [3.63, 3.8) is 0 Å². The van der Waals surface area contributed by atoms with E-state index in [1.807, 2.05) is 24.3 Å². The maximum absolute atomic E-state index is 12.7. The molecule has 30 heavy (non-hydrogen) atoms. The summed E-state index contributed by atoms with van der Waals surface area (Å²) in [4.78, 5) is 16.0. The predicted molar refractivity (Wildman–Crippen MR) is 122 cm³/mol. The molecular weight excluding hydrogens is 416 g/mol. The number of aryl methyl sites for hydroxylation is 1. The van der Waals surface area contributed by atoms with E-state index < -0.39 is 0 Å². The minimum atomic E-state index is -0.0853. The lowest BCUT2D eigenvalue weighted by Gasteiger charge is -2.32. The van der Waals surface area contributed by atoms with Crippen LogP contribution in [0.5, 0.6) is 0 Å². The van der Waals surface area contributed by atoms with Gasteiger partial charge in [-0.3, -0.25) is 4.79 Å². The third-order valence-corrected chi connectivity index (χ3v) is 6.28. The minimum Gasteiger partial charge on any atom is -0.354 e. The molecule has 4 rings (SSSR count). The van der Waals surface area contributed by atoms with E-state index in [4.69, 9.17) is 11.6 Å². The number of carbonyl (C=O) groups is 1. The zero-order chi connectivity index (χ0) is 20.9. The topological polar surface area (TPSA) is 58.1 Å². The molecule has 3 aromatic rings. The number of rotatable bonds is 5. The van der Waals surface area contributed by atoms with Gasteiger partial charge in [0.25, 0.3) is 0 Å². The maximum Gasteiger partial charge on any atom is 0.229 e. The van der Waals surface area contributed by atoms with Gasteiger partial charge in [0, 0.05) is 28.7 Å². The monoisotopic (exact) mass is 438 g/mol. The summed E-state index contributed by atoms with van der Waals surface area (Å²) in [6.45, 7) is 3.59. The second-order valence-electron chi connectivity index (χ2n) is 7.43. The van der Waals surface area contributed by atoms with Crippen LogP contribution in [-0.4, -0.2) is 29.2 Å². The SMILES string of the molecule is Cc1ccc(Sc2ccc(N3CCCC(C(=O)Nc4ccc(Cl)cc4)C3)nn2)cc1. The summed E-state index contributed by atoms with van der Waals surface area (Å²) in [5.41, 5.74) is 2.00. The van der Waals surface area contributed by atoms with E-state index in [0.29, 0.717) is 11.6 Å². The summed E-state index contributed by atoms with van der Waals surface area (Å²) in [5.74, 6) is 0.756. The van der Waals surface area contributed by atoms with Gasteiger partial charge in [0.1, 0.15) is 5.03 Å². The molecule has 1 fully saturated rings. The molecule has 1 saturated heterocycles. The van der Waals surface area contributed by atoms with Crippen LogP contribution < -0.4 is 10.2 Å². The van der Waals surface area contributed by atoms with Crippen molar-refractivity contribution in [2.45, 2.75) is 29.7 Å². The van der Waals surface area contributed by atoms with Gasteiger partial charge in [-0.2, -0.15) is 0 Å². The summed E-state index contributed by atoms with van der Waals surface area (Å²) in [7, 11) is 0. The van der Waals surface area contributed by atoms with Crippen molar-refractivity contribution < 1.29 is 4.79 Å². The van der Waals surface area contributed by atoms with E-state index in [2.05, 4.69) is 51.6 Å². The van der Waals surface area contributed by atoms with Crippen LogP contribution in [0, 0.1) is 12.8 Å². The fraction of sp³-hybridized carbons (Fsp3) is 0.261. The summed E-state index contributed by atoms with van der Waals surface area (Å²) in [6.07, 6.45) is 1.81. The van der Waals surface area contributed by atoms with Crippen molar-refractivity contribution >= 4 is 40.8 Å². The normalized spacial score (nSPS) is 16.3. The number of anilines is 2. The van der Waals surface area contributed by atoms with Gasteiger partial charge in [-0.1, -0.05) is 41.1 Å². The van der Waals surface area contributed by atoms with Gasteiger partial charge in [0.2, 0.25) is 5.91 Å². The molecule has 0 saturated carbocycles. The molecule has 1 aliphatic rings. The van der Waals surface area contributed by atoms with Gasteiger partial charge in [-0.15, -0.1) is 10.2 Å². The van der Waals surface area contributed by atoms with Crippen LogP contribution in [0.3, 0.4) is 0 Å². The van der Waals surface area contributed by atoms with Crippen LogP contribution >= 0.6 is 23.4 Å². The Morgan fingerprint density at radius 3 is 2.53 bits per heavy atom. The molecule has 5 nitrogen and oxygen atoms in total. The zero-order valence-corrected chi connectivity index (χ0v) is 18.3. The fourth-order valence-corrected chi connectivity index (χ4v) is 4.30. The zero-order valence-electron chi connectivity index (χ0n) is 16.7. The summed E-state index contributed by atoms with van der Waals surface area (Å²) in [6, 6.07) is 19.5. The first-order valence-electron chi connectivity index (χ1n) is 9.96. The minimum absolute atomic E-state index is 0.0292. The number of hydrogen-bond acceptors (Lipinski definition) is 5. The van der Waals surface area contributed by atoms with E-state index in [1.165, 1.54) is 5.56 Å². The number of halogens is 1. The second-order valence-corrected chi connectivity index (χ2v) is 8.96. The number of amides is 1. The Labute approximate surface area is 185 Å². The lowest BCUT2D eigenvalue weighted by Crippen LogP contribution is -2.41. The van der Waals surface area contributed by atoms with Crippen molar-refractivity contribution in [1.29, 1.82) is 0 Å². The van der Waals surface area contributed by atoms with Gasteiger partial charge < -0.3 is 10.2 Å². The molecule has 0 aliphatic carbocycles. The van der Waals surface area contributed by atoms with Gasteiger partial charge in [-0.05, 0) is 68.3 Å². The van der Waals surface area contributed by atoms with E-state index in [0.717, 1.165) is 40.8 Å². The molecule has 0 spiro atoms. The Balaban J connectivity index is 1.37. The second kappa shape index (κ2) is 9.49. The highest BCUT2D eigenvalue weighted by Crippen LogP contribution is 2.28. The Hall–Kier alpha value is -2.57. The summed E-state index contributed by atoms with van der Waals surface area (Å²) >= 11 is 7.51. The smallest absolute Gasteiger partial charge is 0.229 e. The van der Waals surface area contributed by atoms with Crippen LogP contribution in [0.1, 0.15) is 18.4 Å². The standard InChI is InChI=1S/C23H23ClN4OS/c1-16-4-10-20(11-5-16)30-22-13-12-21(26-27-22)28-14-2-3-17(15-28)23(29)25-19-8-6-18(24)7-9-19/h4-13,17H,2-3,14-15H2,1H3,(H,25,29). The van der Waals surface area contributed by atoms with E-state index >= 15 is 0 Å². The van der Waals surface area contributed by atoms with Gasteiger partial charge in [0.15, 0.2) is 5.82 Å². The van der Waals surface area contributed by atoms with Gasteiger partial charge in [0.05, 0.1) is 5.92 Å². The third kappa shape index (κ3) is 5.32. The highest BCUT2D eigenvalue weighted by atomic mass is 35.5. The Morgan fingerprint density at radius 1 is 1.07 bits per heavy atom. The lowest BCUT2D eigenvalue weighted by atomic mass is 9.97. The largest absolute Gasteiger partial charge is 0.354 e. The quantitative estimate of drug-likeness (QED) is 0.574. The average molecular weight is 439 g/mol. The molecule has 1 aliphatic heterocycles. The van der Waals surface area contributed by atoms with Crippen molar-refractivity contribution in [2.24, 2.45) is 5.92 Å². The van der Waals surface area contributed by atoms with Crippen LogP contribution in [0.2, 0.25) is 5.02 Å². The number of hydrogen-bond donors (Lipinski definition) is 1. The first-order valence-corrected chi connectivity index (χ1v) is 11.2. The third-order valence-electron chi connectivity index (χ3n) is 5.10. The van der Waals surface area contributed by atoms with E-state index in [-0.39, 0.29) is 11.8 Å². The van der Waals surface area contributed by atoms with Crippen LogP contribution in [0.4, 0.5) is 11.5 Å². The molecule has 1 aromatic heterocycles. The van der Waals surface area contributed by atoms with Gasteiger partial charge >= 0.3 is 0 Å². The van der Waals surface area contributed by atoms with E-state index in [1.54, 1.807) is 23.9 Å². The van der Waals surface area contributed by atoms with Crippen molar-refractivity contribution in [3.05, 3.63) is 71.2 Å². The molecule has 154 valence electrons. The Bertz CT molecular complexity index is 993. The molecule has 2 heterocycles. The highest BCUT2D eigenvalue weighted by molar-refractivity contribution is 7.99. The van der Waals surface area contributed by atoms with Crippen molar-refractivity contribution in [3.8, 4) is 0 Å². The number of aromatic nitrogens is 2. The van der Waals surface area contributed by atoms with Crippen LogP contribution in [-0.2, 0) is 4.79 Å². The lowest BCUT2D eigenvalue weighted by molar-refractivity contribution is -0.120. The molecule has 1 unspecified atom stereocenters. The molecule has 1 amide bonds.